The zero-order chi connectivity index (χ0) is 38.7. The zero-order valence-corrected chi connectivity index (χ0v) is 30.5. The van der Waals surface area contributed by atoms with Gasteiger partial charge in [-0.2, -0.15) is 13.2 Å². The molecule has 288 valence electrons. The van der Waals surface area contributed by atoms with Crippen molar-refractivity contribution in [1.82, 2.24) is 9.80 Å². The molecule has 1 aliphatic rings. The molecule has 53 heavy (non-hydrogen) atoms. The molecule has 0 radical (unpaired) electrons. The molecule has 0 bridgehead atoms. The fourth-order valence-electron chi connectivity index (χ4n) is 5.74. The van der Waals surface area contributed by atoms with E-state index in [0.29, 0.717) is 30.2 Å². The average molecular weight is 744 g/mol. The summed E-state index contributed by atoms with van der Waals surface area (Å²) >= 11 is 0. The van der Waals surface area contributed by atoms with Crippen molar-refractivity contribution < 1.29 is 46.9 Å². The number of urea groups is 2. The molecule has 3 aromatic rings. The highest BCUT2D eigenvalue weighted by atomic mass is 19.4. The van der Waals surface area contributed by atoms with Gasteiger partial charge in [-0.05, 0) is 99.8 Å². The topological polar surface area (TPSA) is 142 Å². The standard InChI is InChI=1S/C38H48F3N5O7/c1-24-21-46(25(2)23-47)35(48)32-20-30(43-36(49)42-28-11-9-27(10-12-28)38(39,40)41)15-18-33(32)53-26(3)8-6-7-19-52-34(24)22-45(4)37(50)44-29-13-16-31(51-5)17-14-29/h9-18,20,24-26,34,47H,6-8,19,21-23H2,1-5H3,(H,44,50)(H2,42,43,49)/t24-,25-,26+,34-/m0/s1. The summed E-state index contributed by atoms with van der Waals surface area (Å²) in [5.41, 5.74) is 0.256. The fourth-order valence-corrected chi connectivity index (χ4v) is 5.74. The summed E-state index contributed by atoms with van der Waals surface area (Å²) in [4.78, 5) is 43.4. The maximum atomic E-state index is 14.4. The Kier molecular flexibility index (Phi) is 14.3. The highest BCUT2D eigenvalue weighted by Crippen LogP contribution is 2.31. The van der Waals surface area contributed by atoms with Crippen molar-refractivity contribution >= 4 is 35.0 Å². The van der Waals surface area contributed by atoms with Crippen LogP contribution in [0.1, 0.15) is 56.0 Å². The second kappa shape index (κ2) is 18.6. The Hall–Kier alpha value is -5.02. The Morgan fingerprint density at radius 1 is 0.981 bits per heavy atom. The molecule has 0 aromatic heterocycles. The van der Waals surface area contributed by atoms with E-state index in [0.717, 1.165) is 37.1 Å². The molecule has 1 heterocycles. The van der Waals surface area contributed by atoms with Crippen molar-refractivity contribution in [1.29, 1.82) is 0 Å². The number of carbonyl (C=O) groups excluding carboxylic acids is 3. The van der Waals surface area contributed by atoms with Gasteiger partial charge in [0.1, 0.15) is 11.5 Å². The minimum absolute atomic E-state index is 0.139. The maximum absolute atomic E-state index is 14.4. The summed E-state index contributed by atoms with van der Waals surface area (Å²) in [6.07, 6.45) is -3.10. The molecule has 15 heteroatoms. The molecular formula is C38H48F3N5O7. The summed E-state index contributed by atoms with van der Waals surface area (Å²) in [5, 5.41) is 18.2. The van der Waals surface area contributed by atoms with Crippen LogP contribution in [0.4, 0.5) is 39.8 Å². The lowest BCUT2D eigenvalue weighted by Crippen LogP contribution is -2.48. The number of halogens is 3. The van der Waals surface area contributed by atoms with Crippen molar-refractivity contribution in [3.8, 4) is 11.5 Å². The van der Waals surface area contributed by atoms with Gasteiger partial charge in [-0.1, -0.05) is 6.92 Å². The van der Waals surface area contributed by atoms with Crippen LogP contribution in [0.2, 0.25) is 0 Å². The van der Waals surface area contributed by atoms with E-state index < -0.39 is 35.8 Å². The van der Waals surface area contributed by atoms with Gasteiger partial charge in [-0.25, -0.2) is 9.59 Å². The van der Waals surface area contributed by atoms with E-state index in [4.69, 9.17) is 14.2 Å². The molecule has 0 saturated carbocycles. The molecule has 1 aliphatic heterocycles. The maximum Gasteiger partial charge on any atom is 0.416 e. The molecule has 4 atom stereocenters. The van der Waals surface area contributed by atoms with E-state index in [1.807, 2.05) is 13.8 Å². The van der Waals surface area contributed by atoms with Gasteiger partial charge in [0.15, 0.2) is 0 Å². The number of carbonyl (C=O) groups is 3. The number of fused-ring (bicyclic) bond motifs is 1. The van der Waals surface area contributed by atoms with Crippen LogP contribution in [-0.4, -0.2) is 91.6 Å². The van der Waals surface area contributed by atoms with Gasteiger partial charge in [-0.3, -0.25) is 4.79 Å². The molecule has 0 unspecified atom stereocenters. The number of ether oxygens (including phenoxy) is 3. The predicted molar refractivity (Wildman–Crippen MR) is 196 cm³/mol. The Balaban J connectivity index is 1.55. The van der Waals surface area contributed by atoms with Crippen molar-refractivity contribution in [3.63, 3.8) is 0 Å². The van der Waals surface area contributed by atoms with Gasteiger partial charge in [0.25, 0.3) is 5.91 Å². The Labute approximate surface area is 307 Å². The van der Waals surface area contributed by atoms with Gasteiger partial charge < -0.3 is 45.1 Å². The third-order valence-corrected chi connectivity index (χ3v) is 8.92. The lowest BCUT2D eigenvalue weighted by atomic mass is 10.0. The number of alkyl halides is 3. The minimum Gasteiger partial charge on any atom is -0.497 e. The number of nitrogens with one attached hydrogen (secondary N) is 3. The van der Waals surface area contributed by atoms with E-state index >= 15 is 0 Å². The quantitative estimate of drug-likeness (QED) is 0.190. The SMILES string of the molecule is COc1ccc(NC(=O)N(C)C[C@@H]2OCCCC[C@@H](C)Oc3ccc(NC(=O)Nc4ccc(C(F)(F)F)cc4)cc3C(=O)N([C@@H](C)CO)C[C@@H]2C)cc1. The van der Waals surface area contributed by atoms with Crippen LogP contribution in [0.25, 0.3) is 0 Å². The molecule has 0 aliphatic carbocycles. The first-order valence-corrected chi connectivity index (χ1v) is 17.4. The molecule has 0 fully saturated rings. The number of anilines is 3. The van der Waals surface area contributed by atoms with Gasteiger partial charge >= 0.3 is 18.2 Å². The number of aliphatic hydroxyl groups is 1. The first-order chi connectivity index (χ1) is 25.2. The lowest BCUT2D eigenvalue weighted by Gasteiger charge is -2.35. The molecule has 4 rings (SSSR count). The highest BCUT2D eigenvalue weighted by Gasteiger charge is 2.32. The molecule has 5 amide bonds. The minimum atomic E-state index is -4.51. The second-order valence-corrected chi connectivity index (χ2v) is 13.2. The number of aliphatic hydroxyl groups excluding tert-OH is 1. The first-order valence-electron chi connectivity index (χ1n) is 17.4. The van der Waals surface area contributed by atoms with Crippen molar-refractivity contribution in [2.24, 2.45) is 5.92 Å². The third kappa shape index (κ3) is 11.7. The van der Waals surface area contributed by atoms with Crippen molar-refractivity contribution in [3.05, 3.63) is 77.9 Å². The third-order valence-electron chi connectivity index (χ3n) is 8.92. The largest absolute Gasteiger partial charge is 0.497 e. The first kappa shape index (κ1) is 40.7. The predicted octanol–water partition coefficient (Wildman–Crippen LogP) is 7.32. The Morgan fingerprint density at radius 3 is 2.25 bits per heavy atom. The van der Waals surface area contributed by atoms with E-state index in [1.54, 1.807) is 57.5 Å². The summed E-state index contributed by atoms with van der Waals surface area (Å²) in [7, 11) is 3.22. The molecule has 0 saturated heterocycles. The molecule has 0 spiro atoms. The van der Waals surface area contributed by atoms with E-state index in [9.17, 15) is 32.7 Å². The number of nitrogens with zero attached hydrogens (tertiary/aromatic N) is 2. The zero-order valence-electron chi connectivity index (χ0n) is 30.5. The Bertz CT molecular complexity index is 1670. The molecule has 4 N–H and O–H groups in total. The van der Waals surface area contributed by atoms with E-state index in [2.05, 4.69) is 16.0 Å². The van der Waals surface area contributed by atoms with Gasteiger partial charge in [0.2, 0.25) is 0 Å². The Morgan fingerprint density at radius 2 is 1.60 bits per heavy atom. The van der Waals surface area contributed by atoms with Gasteiger partial charge in [0, 0.05) is 49.7 Å². The summed E-state index contributed by atoms with van der Waals surface area (Å²) < 4.78 is 56.7. The lowest BCUT2D eigenvalue weighted by molar-refractivity contribution is -0.137. The van der Waals surface area contributed by atoms with Gasteiger partial charge in [-0.15, -0.1) is 0 Å². The van der Waals surface area contributed by atoms with Crippen LogP contribution in [0.15, 0.2) is 66.7 Å². The monoisotopic (exact) mass is 743 g/mol. The molecule has 12 nitrogen and oxygen atoms in total. The second-order valence-electron chi connectivity index (χ2n) is 13.2. The number of amides is 5. The smallest absolute Gasteiger partial charge is 0.416 e. The van der Waals surface area contributed by atoms with Crippen LogP contribution in [0, 0.1) is 5.92 Å². The van der Waals surface area contributed by atoms with Crippen molar-refractivity contribution in [2.45, 2.75) is 64.5 Å². The molecular weight excluding hydrogens is 695 g/mol. The van der Waals surface area contributed by atoms with Crippen LogP contribution in [0.5, 0.6) is 11.5 Å². The number of methoxy groups -OCH3 is 1. The number of rotatable bonds is 8. The molecule has 3 aromatic carbocycles. The fraction of sp³-hybridized carbons (Fsp3) is 0.447. The normalized spacial score (nSPS) is 19.2. The van der Waals surface area contributed by atoms with Gasteiger partial charge in [0.05, 0.1) is 43.1 Å². The van der Waals surface area contributed by atoms with Crippen LogP contribution in [0.3, 0.4) is 0 Å². The summed E-state index contributed by atoms with van der Waals surface area (Å²) in [6.45, 7) is 5.98. The van der Waals surface area contributed by atoms with Crippen LogP contribution >= 0.6 is 0 Å². The van der Waals surface area contributed by atoms with Crippen LogP contribution < -0.4 is 25.4 Å². The van der Waals surface area contributed by atoms with E-state index in [-0.39, 0.29) is 54.7 Å². The summed E-state index contributed by atoms with van der Waals surface area (Å²) in [5.74, 6) is 0.187. The number of likely N-dealkylation sites (N-methyl/N-ethyl adjacent to an activating group) is 1. The van der Waals surface area contributed by atoms with E-state index in [1.165, 1.54) is 15.9 Å². The highest BCUT2D eigenvalue weighted by molar-refractivity contribution is 6.02. The average Bonchev–Trinajstić information content (AvgIpc) is 3.12. The van der Waals surface area contributed by atoms with Crippen LogP contribution in [-0.2, 0) is 10.9 Å². The number of benzene rings is 3. The number of hydrogen-bond acceptors (Lipinski definition) is 7. The summed E-state index contributed by atoms with van der Waals surface area (Å²) in [6, 6.07) is 13.9. The van der Waals surface area contributed by atoms with Crippen molar-refractivity contribution in [2.75, 3.05) is 56.4 Å². The number of hydrogen-bond donors (Lipinski definition) is 4.